The van der Waals surface area contributed by atoms with E-state index >= 15 is 0 Å². The van der Waals surface area contributed by atoms with Crippen molar-refractivity contribution in [1.82, 2.24) is 19.1 Å². The molecule has 3 heterocycles. The Morgan fingerprint density at radius 1 is 1.00 bits per heavy atom. The molecule has 5 rings (SSSR count). The second-order valence-electron chi connectivity index (χ2n) is 7.01. The third-order valence-electron chi connectivity index (χ3n) is 5.24. The van der Waals surface area contributed by atoms with Gasteiger partial charge in [0.15, 0.2) is 0 Å². The number of rotatable bonds is 4. The molecule has 0 amide bonds. The Balaban J connectivity index is 1.75. The molecule has 0 spiro atoms. The van der Waals surface area contributed by atoms with Crippen LogP contribution in [0.4, 0.5) is 5.95 Å². The molecule has 3 aromatic heterocycles. The summed E-state index contributed by atoms with van der Waals surface area (Å²) in [6, 6.07) is 20.2. The predicted molar refractivity (Wildman–Crippen MR) is 122 cm³/mol. The van der Waals surface area contributed by atoms with Crippen LogP contribution in [0.15, 0.2) is 82.7 Å². The van der Waals surface area contributed by atoms with Crippen LogP contribution in [0.2, 0.25) is 0 Å². The summed E-state index contributed by atoms with van der Waals surface area (Å²) in [5, 5.41) is 12.1. The van der Waals surface area contributed by atoms with Gasteiger partial charge >= 0.3 is 0 Å². The molecule has 0 radical (unpaired) electrons. The van der Waals surface area contributed by atoms with Gasteiger partial charge in [-0.2, -0.15) is 0 Å². The zero-order valence-electron chi connectivity index (χ0n) is 16.8. The van der Waals surface area contributed by atoms with Gasteiger partial charge < -0.3 is 9.67 Å². The smallest absolute Gasteiger partial charge is 0.267 e. The monoisotopic (exact) mass is 409 g/mol. The van der Waals surface area contributed by atoms with Gasteiger partial charge in [-0.3, -0.25) is 4.79 Å². The van der Waals surface area contributed by atoms with E-state index in [0.29, 0.717) is 34.6 Å². The molecular formula is C24H19N5O2. The molecule has 0 saturated carbocycles. The van der Waals surface area contributed by atoms with Gasteiger partial charge in [-0.1, -0.05) is 36.4 Å². The van der Waals surface area contributed by atoms with Crippen LogP contribution >= 0.6 is 0 Å². The van der Waals surface area contributed by atoms with Crippen molar-refractivity contribution in [3.8, 4) is 11.7 Å². The predicted octanol–water partition coefficient (Wildman–Crippen LogP) is 4.21. The summed E-state index contributed by atoms with van der Waals surface area (Å²) in [5.41, 5.74) is 1.93. The van der Waals surface area contributed by atoms with Gasteiger partial charge in [0.05, 0.1) is 16.6 Å². The Kier molecular flexibility index (Phi) is 4.55. The molecule has 5 aromatic rings. The van der Waals surface area contributed by atoms with E-state index in [1.165, 1.54) is 4.57 Å². The Bertz CT molecular complexity index is 1500. The number of imidazole rings is 1. The standard InChI is InChI=1S/C24H19N5O2/c1-2-28-20-12-6-5-11-19(20)27-24(28)26-15-18-16-9-3-4-10-17(16)22(30)29(23(18)31)21-13-7-8-14-25-21/h3-15,31H,2H2,1H3/b26-15+. The van der Waals surface area contributed by atoms with E-state index in [0.717, 1.165) is 11.0 Å². The molecule has 0 aliphatic carbocycles. The van der Waals surface area contributed by atoms with E-state index in [9.17, 15) is 9.90 Å². The molecule has 152 valence electrons. The number of aliphatic imine (C=N–C) groups is 1. The van der Waals surface area contributed by atoms with Gasteiger partial charge in [0.2, 0.25) is 11.8 Å². The minimum Gasteiger partial charge on any atom is -0.494 e. The first-order chi connectivity index (χ1) is 15.2. The van der Waals surface area contributed by atoms with E-state index in [2.05, 4.69) is 15.0 Å². The molecule has 7 nitrogen and oxygen atoms in total. The first-order valence-corrected chi connectivity index (χ1v) is 9.96. The Morgan fingerprint density at radius 2 is 1.74 bits per heavy atom. The average Bonchev–Trinajstić information content (AvgIpc) is 3.17. The molecule has 0 saturated heterocycles. The van der Waals surface area contributed by atoms with Gasteiger partial charge in [-0.25, -0.2) is 19.5 Å². The number of aromatic hydroxyl groups is 1. The Labute approximate surface area is 177 Å². The van der Waals surface area contributed by atoms with Crippen molar-refractivity contribution >= 4 is 34.0 Å². The maximum absolute atomic E-state index is 13.1. The second kappa shape index (κ2) is 7.53. The number of hydrogen-bond acceptors (Lipinski definition) is 5. The molecule has 0 aliphatic rings. The number of fused-ring (bicyclic) bond motifs is 2. The SMILES string of the molecule is CCn1c(/N=C/c2c(O)n(-c3ccccn3)c(=O)c3ccccc23)nc2ccccc21. The second-order valence-corrected chi connectivity index (χ2v) is 7.01. The Morgan fingerprint density at radius 3 is 2.52 bits per heavy atom. The molecule has 2 aromatic carbocycles. The van der Waals surface area contributed by atoms with E-state index in [1.54, 1.807) is 48.8 Å². The van der Waals surface area contributed by atoms with E-state index < -0.39 is 0 Å². The van der Waals surface area contributed by atoms with Gasteiger partial charge in [0, 0.05) is 29.7 Å². The van der Waals surface area contributed by atoms with E-state index in [-0.39, 0.29) is 11.4 Å². The van der Waals surface area contributed by atoms with Crippen LogP contribution in [0.5, 0.6) is 5.88 Å². The highest BCUT2D eigenvalue weighted by atomic mass is 16.3. The largest absolute Gasteiger partial charge is 0.494 e. The summed E-state index contributed by atoms with van der Waals surface area (Å²) < 4.78 is 3.20. The number of hydrogen-bond donors (Lipinski definition) is 1. The maximum atomic E-state index is 13.1. The van der Waals surface area contributed by atoms with E-state index in [4.69, 9.17) is 0 Å². The molecule has 0 atom stereocenters. The normalized spacial score (nSPS) is 11.6. The van der Waals surface area contributed by atoms with Crippen molar-refractivity contribution < 1.29 is 5.11 Å². The minimum absolute atomic E-state index is 0.217. The molecule has 0 unspecified atom stereocenters. The average molecular weight is 409 g/mol. The highest BCUT2D eigenvalue weighted by Gasteiger charge is 2.17. The third kappa shape index (κ3) is 3.07. The number of benzene rings is 2. The molecule has 0 fully saturated rings. The van der Waals surface area contributed by atoms with Gasteiger partial charge in [-0.15, -0.1) is 0 Å². The lowest BCUT2D eigenvalue weighted by Gasteiger charge is -2.12. The first kappa shape index (κ1) is 18.7. The Hall–Kier alpha value is -4.26. The summed E-state index contributed by atoms with van der Waals surface area (Å²) in [5.74, 6) is 0.652. The number of nitrogens with zero attached hydrogens (tertiary/aromatic N) is 5. The first-order valence-electron chi connectivity index (χ1n) is 9.96. The van der Waals surface area contributed by atoms with Crippen molar-refractivity contribution in [2.24, 2.45) is 4.99 Å². The summed E-state index contributed by atoms with van der Waals surface area (Å²) in [7, 11) is 0. The van der Waals surface area contributed by atoms with Crippen molar-refractivity contribution in [2.75, 3.05) is 0 Å². The summed E-state index contributed by atoms with van der Waals surface area (Å²) in [6.45, 7) is 2.73. The van der Waals surface area contributed by atoms with Crippen molar-refractivity contribution in [1.29, 1.82) is 0 Å². The summed E-state index contributed by atoms with van der Waals surface area (Å²) in [4.78, 5) is 26.5. The van der Waals surface area contributed by atoms with Crippen LogP contribution in [0.3, 0.4) is 0 Å². The van der Waals surface area contributed by atoms with Crippen molar-refractivity contribution in [3.63, 3.8) is 0 Å². The summed E-state index contributed by atoms with van der Waals surface area (Å²) in [6.07, 6.45) is 3.14. The highest BCUT2D eigenvalue weighted by Crippen LogP contribution is 2.27. The topological polar surface area (TPSA) is 85.3 Å². The number of para-hydroxylation sites is 2. The zero-order chi connectivity index (χ0) is 21.4. The van der Waals surface area contributed by atoms with Crippen LogP contribution in [-0.4, -0.2) is 30.4 Å². The quantitative estimate of drug-likeness (QED) is 0.451. The van der Waals surface area contributed by atoms with Crippen LogP contribution < -0.4 is 5.56 Å². The zero-order valence-corrected chi connectivity index (χ0v) is 16.8. The lowest BCUT2D eigenvalue weighted by atomic mass is 10.1. The minimum atomic E-state index is -0.343. The van der Waals surface area contributed by atoms with Gasteiger partial charge in [-0.05, 0) is 37.3 Å². The number of aryl methyl sites for hydroxylation is 1. The fraction of sp³-hybridized carbons (Fsp3) is 0.0833. The van der Waals surface area contributed by atoms with Gasteiger partial charge in [0.1, 0.15) is 5.82 Å². The molecular weight excluding hydrogens is 390 g/mol. The number of aromatic nitrogens is 4. The lowest BCUT2D eigenvalue weighted by molar-refractivity contribution is 0.435. The molecule has 0 aliphatic heterocycles. The van der Waals surface area contributed by atoms with Crippen LogP contribution in [0.1, 0.15) is 12.5 Å². The summed E-state index contributed by atoms with van der Waals surface area (Å²) >= 11 is 0. The van der Waals surface area contributed by atoms with Crippen LogP contribution in [0.25, 0.3) is 27.6 Å². The lowest BCUT2D eigenvalue weighted by Crippen LogP contribution is -2.20. The van der Waals surface area contributed by atoms with E-state index in [1.807, 2.05) is 41.8 Å². The fourth-order valence-corrected chi connectivity index (χ4v) is 3.78. The fourth-order valence-electron chi connectivity index (χ4n) is 3.78. The molecule has 31 heavy (non-hydrogen) atoms. The molecule has 0 bridgehead atoms. The maximum Gasteiger partial charge on any atom is 0.267 e. The highest BCUT2D eigenvalue weighted by molar-refractivity contribution is 6.02. The molecule has 7 heteroatoms. The number of pyridine rings is 2. The molecule has 1 N–H and O–H groups in total. The van der Waals surface area contributed by atoms with Crippen LogP contribution in [0, 0.1) is 0 Å². The van der Waals surface area contributed by atoms with Crippen molar-refractivity contribution in [3.05, 3.63) is 88.8 Å². The third-order valence-corrected chi connectivity index (χ3v) is 5.24. The van der Waals surface area contributed by atoms with Gasteiger partial charge in [0.25, 0.3) is 5.56 Å². The van der Waals surface area contributed by atoms with Crippen molar-refractivity contribution in [2.45, 2.75) is 13.5 Å². The van der Waals surface area contributed by atoms with Crippen LogP contribution in [-0.2, 0) is 6.54 Å².